The lowest BCUT2D eigenvalue weighted by molar-refractivity contribution is 0.813. The molecule has 11 heavy (non-hydrogen) atoms. The lowest BCUT2D eigenvalue weighted by atomic mass is 10.1. The first kappa shape index (κ1) is 9.29. The van der Waals surface area contributed by atoms with Crippen LogP contribution in [0, 0.1) is 3.57 Å². The zero-order valence-corrected chi connectivity index (χ0v) is 9.06. The number of rotatable bonds is 1. The van der Waals surface area contributed by atoms with Crippen LogP contribution in [0.5, 0.6) is 0 Å². The quantitative estimate of drug-likeness (QED) is 0.787. The van der Waals surface area contributed by atoms with Gasteiger partial charge in [0.1, 0.15) is 0 Å². The third-order valence-electron chi connectivity index (χ3n) is 1.45. The zero-order chi connectivity index (χ0) is 8.43. The number of hydrogen-bond donors (Lipinski definition) is 1. The van der Waals surface area contributed by atoms with Gasteiger partial charge in [0.05, 0.1) is 0 Å². The van der Waals surface area contributed by atoms with Gasteiger partial charge in [-0.05, 0) is 53.3 Å². The highest BCUT2D eigenvalue weighted by Gasteiger charge is 2.04. The van der Waals surface area contributed by atoms with E-state index in [1.807, 2.05) is 25.1 Å². The number of halogens is 2. The standard InChI is InChI=1S/C8H9ClIN/c1-5(11)7-4-6(9)2-3-8(7)10/h2-5H,11H2,1H3/t5-/m1/s1. The number of hydrogen-bond acceptors (Lipinski definition) is 1. The van der Waals surface area contributed by atoms with Crippen molar-refractivity contribution in [2.24, 2.45) is 5.73 Å². The van der Waals surface area contributed by atoms with Gasteiger partial charge in [0.2, 0.25) is 0 Å². The summed E-state index contributed by atoms with van der Waals surface area (Å²) in [6, 6.07) is 5.81. The Kier molecular flexibility index (Phi) is 3.16. The molecule has 0 saturated carbocycles. The molecule has 0 amide bonds. The summed E-state index contributed by atoms with van der Waals surface area (Å²) in [5.74, 6) is 0. The molecule has 0 spiro atoms. The molecule has 1 nitrogen and oxygen atoms in total. The van der Waals surface area contributed by atoms with E-state index >= 15 is 0 Å². The fraction of sp³-hybridized carbons (Fsp3) is 0.250. The molecule has 2 N–H and O–H groups in total. The van der Waals surface area contributed by atoms with E-state index in [-0.39, 0.29) is 6.04 Å². The molecule has 60 valence electrons. The van der Waals surface area contributed by atoms with E-state index in [2.05, 4.69) is 22.6 Å². The maximum Gasteiger partial charge on any atom is 0.0410 e. The van der Waals surface area contributed by atoms with Gasteiger partial charge in [-0.3, -0.25) is 0 Å². The summed E-state index contributed by atoms with van der Waals surface area (Å²) in [5, 5.41) is 0.748. The highest BCUT2D eigenvalue weighted by molar-refractivity contribution is 14.1. The molecular weight excluding hydrogens is 272 g/mol. The van der Waals surface area contributed by atoms with Crippen molar-refractivity contribution in [2.45, 2.75) is 13.0 Å². The molecule has 0 unspecified atom stereocenters. The Morgan fingerprint density at radius 2 is 2.18 bits per heavy atom. The largest absolute Gasteiger partial charge is 0.324 e. The lowest BCUT2D eigenvalue weighted by Gasteiger charge is -2.07. The van der Waals surface area contributed by atoms with E-state index in [9.17, 15) is 0 Å². The van der Waals surface area contributed by atoms with E-state index in [1.54, 1.807) is 0 Å². The van der Waals surface area contributed by atoms with Crippen LogP contribution >= 0.6 is 34.2 Å². The second-order valence-electron chi connectivity index (χ2n) is 2.45. The van der Waals surface area contributed by atoms with E-state index in [0.717, 1.165) is 10.6 Å². The Balaban J connectivity index is 3.13. The summed E-state index contributed by atoms with van der Waals surface area (Å²) >= 11 is 8.06. The predicted molar refractivity (Wildman–Crippen MR) is 56.8 cm³/mol. The summed E-state index contributed by atoms with van der Waals surface area (Å²) in [7, 11) is 0. The summed E-state index contributed by atoms with van der Waals surface area (Å²) in [5.41, 5.74) is 6.83. The fourth-order valence-corrected chi connectivity index (χ4v) is 1.87. The average molecular weight is 282 g/mol. The third-order valence-corrected chi connectivity index (χ3v) is 2.67. The molecular formula is C8H9ClIN. The Morgan fingerprint density at radius 3 is 2.64 bits per heavy atom. The molecule has 0 aromatic heterocycles. The molecule has 0 aliphatic rings. The predicted octanol–water partition coefficient (Wildman–Crippen LogP) is 2.96. The normalized spacial score (nSPS) is 13.1. The Hall–Kier alpha value is 0.200. The fourth-order valence-electron chi connectivity index (χ4n) is 0.864. The van der Waals surface area contributed by atoms with Gasteiger partial charge in [-0.1, -0.05) is 11.6 Å². The molecule has 3 heteroatoms. The van der Waals surface area contributed by atoms with Crippen molar-refractivity contribution in [3.63, 3.8) is 0 Å². The van der Waals surface area contributed by atoms with Crippen molar-refractivity contribution < 1.29 is 0 Å². The SMILES string of the molecule is C[C@@H](N)c1cc(Cl)ccc1I. The summed E-state index contributed by atoms with van der Waals surface area (Å²) in [6.45, 7) is 1.95. The minimum absolute atomic E-state index is 0.0561. The highest BCUT2D eigenvalue weighted by Crippen LogP contribution is 2.21. The lowest BCUT2D eigenvalue weighted by Crippen LogP contribution is -2.06. The molecule has 1 aromatic rings. The minimum atomic E-state index is 0.0561. The maximum atomic E-state index is 5.80. The first-order chi connectivity index (χ1) is 5.11. The third kappa shape index (κ3) is 2.32. The van der Waals surface area contributed by atoms with Gasteiger partial charge in [0.15, 0.2) is 0 Å². The van der Waals surface area contributed by atoms with Crippen LogP contribution in [-0.4, -0.2) is 0 Å². The zero-order valence-electron chi connectivity index (χ0n) is 6.14. The first-order valence-corrected chi connectivity index (χ1v) is 4.77. The smallest absolute Gasteiger partial charge is 0.0410 e. The molecule has 1 aromatic carbocycles. The van der Waals surface area contributed by atoms with Crippen molar-refractivity contribution in [3.05, 3.63) is 32.4 Å². The van der Waals surface area contributed by atoms with Crippen molar-refractivity contribution in [1.82, 2.24) is 0 Å². The van der Waals surface area contributed by atoms with Gasteiger partial charge in [-0.25, -0.2) is 0 Å². The van der Waals surface area contributed by atoms with Crippen LogP contribution in [0.15, 0.2) is 18.2 Å². The van der Waals surface area contributed by atoms with Crippen LogP contribution in [0.2, 0.25) is 5.02 Å². The highest BCUT2D eigenvalue weighted by atomic mass is 127. The molecule has 0 radical (unpaired) electrons. The molecule has 0 bridgehead atoms. The Bertz CT molecular complexity index is 260. The second-order valence-corrected chi connectivity index (χ2v) is 4.05. The van der Waals surface area contributed by atoms with Gasteiger partial charge in [0, 0.05) is 14.6 Å². The van der Waals surface area contributed by atoms with E-state index in [4.69, 9.17) is 17.3 Å². The van der Waals surface area contributed by atoms with Crippen molar-refractivity contribution >= 4 is 34.2 Å². The summed E-state index contributed by atoms with van der Waals surface area (Å²) in [6.07, 6.45) is 0. The van der Waals surface area contributed by atoms with E-state index in [0.29, 0.717) is 0 Å². The van der Waals surface area contributed by atoms with E-state index in [1.165, 1.54) is 3.57 Å². The van der Waals surface area contributed by atoms with Crippen LogP contribution in [-0.2, 0) is 0 Å². The van der Waals surface area contributed by atoms with Crippen LogP contribution < -0.4 is 5.73 Å². The summed E-state index contributed by atoms with van der Waals surface area (Å²) in [4.78, 5) is 0. The van der Waals surface area contributed by atoms with Crippen LogP contribution in [0.3, 0.4) is 0 Å². The molecule has 1 atom stereocenters. The minimum Gasteiger partial charge on any atom is -0.324 e. The molecule has 0 fully saturated rings. The molecule has 0 aliphatic heterocycles. The monoisotopic (exact) mass is 281 g/mol. The second kappa shape index (κ2) is 3.74. The van der Waals surface area contributed by atoms with E-state index < -0.39 is 0 Å². The Labute approximate surface area is 85.1 Å². The molecule has 0 saturated heterocycles. The number of benzene rings is 1. The van der Waals surface area contributed by atoms with Crippen molar-refractivity contribution in [1.29, 1.82) is 0 Å². The van der Waals surface area contributed by atoms with Gasteiger partial charge < -0.3 is 5.73 Å². The van der Waals surface area contributed by atoms with Gasteiger partial charge in [0.25, 0.3) is 0 Å². The topological polar surface area (TPSA) is 26.0 Å². The van der Waals surface area contributed by atoms with Crippen LogP contribution in [0.25, 0.3) is 0 Å². The first-order valence-electron chi connectivity index (χ1n) is 3.32. The molecule has 0 aliphatic carbocycles. The van der Waals surface area contributed by atoms with Crippen molar-refractivity contribution in [3.8, 4) is 0 Å². The van der Waals surface area contributed by atoms with Gasteiger partial charge >= 0.3 is 0 Å². The molecule has 1 rings (SSSR count). The summed E-state index contributed by atoms with van der Waals surface area (Å²) < 4.78 is 1.17. The molecule has 0 heterocycles. The average Bonchev–Trinajstić information content (AvgIpc) is 1.94. The maximum absolute atomic E-state index is 5.80. The number of nitrogens with two attached hydrogens (primary N) is 1. The van der Waals surface area contributed by atoms with Gasteiger partial charge in [-0.15, -0.1) is 0 Å². The van der Waals surface area contributed by atoms with Crippen LogP contribution in [0.1, 0.15) is 18.5 Å². The van der Waals surface area contributed by atoms with Gasteiger partial charge in [-0.2, -0.15) is 0 Å². The van der Waals surface area contributed by atoms with Crippen LogP contribution in [0.4, 0.5) is 0 Å². The Morgan fingerprint density at radius 1 is 1.55 bits per heavy atom. The van der Waals surface area contributed by atoms with Crippen molar-refractivity contribution in [2.75, 3.05) is 0 Å².